The second-order valence-electron chi connectivity index (χ2n) is 9.50. The summed E-state index contributed by atoms with van der Waals surface area (Å²) in [5.74, 6) is 0. The van der Waals surface area contributed by atoms with Gasteiger partial charge in [0, 0.05) is 25.0 Å². The number of unbranched alkanes of at least 4 members (excludes halogenated alkanes) is 18. The molecule has 0 amide bonds. The van der Waals surface area contributed by atoms with Crippen molar-refractivity contribution >= 4 is 0 Å². The number of nitrogens with zero attached hydrogens (tertiary/aromatic N) is 1. The molecule has 1 nitrogen and oxygen atoms in total. The summed E-state index contributed by atoms with van der Waals surface area (Å²) in [4.78, 5) is 0. The lowest BCUT2D eigenvalue weighted by Gasteiger charge is -2.05. The molecule has 0 aromatic carbocycles. The molecule has 1 rings (SSSR count). The minimum absolute atomic E-state index is 1.21. The topological polar surface area (TPSA) is 3.88 Å². The van der Waals surface area contributed by atoms with Crippen molar-refractivity contribution in [2.45, 2.75) is 155 Å². The van der Waals surface area contributed by atoms with Gasteiger partial charge in [0.05, 0.1) is 0 Å². The Kier molecular flexibility index (Phi) is 19.4. The monoisotopic (exact) mass is 416 g/mol. The van der Waals surface area contributed by atoms with Crippen LogP contribution in [0.15, 0.2) is 24.4 Å². The van der Waals surface area contributed by atoms with Crippen molar-refractivity contribution < 1.29 is 4.57 Å². The summed E-state index contributed by atoms with van der Waals surface area (Å²) in [7, 11) is 0. The van der Waals surface area contributed by atoms with Gasteiger partial charge in [-0.15, -0.1) is 0 Å². The van der Waals surface area contributed by atoms with E-state index in [-0.39, 0.29) is 0 Å². The van der Waals surface area contributed by atoms with Crippen LogP contribution in [0.25, 0.3) is 0 Å². The lowest BCUT2D eigenvalue weighted by molar-refractivity contribution is -0.704. The summed E-state index contributed by atoms with van der Waals surface area (Å²) >= 11 is 0. The summed E-state index contributed by atoms with van der Waals surface area (Å²) in [6.45, 7) is 5.80. The van der Waals surface area contributed by atoms with Crippen LogP contribution in [0.1, 0.15) is 148 Å². The Bertz CT molecular complexity index is 467. The Balaban J connectivity index is 1.96. The maximum atomic E-state index is 2.52. The predicted octanol–water partition coefficient (Wildman–Crippen LogP) is 9.36. The van der Waals surface area contributed by atoms with E-state index < -0.39 is 0 Å². The van der Waals surface area contributed by atoms with E-state index in [9.17, 15) is 0 Å². The second-order valence-corrected chi connectivity index (χ2v) is 9.50. The molecular formula is C29H54N+. The van der Waals surface area contributed by atoms with E-state index in [0.29, 0.717) is 0 Å². The van der Waals surface area contributed by atoms with Gasteiger partial charge in [-0.1, -0.05) is 129 Å². The Hall–Kier alpha value is -0.850. The fourth-order valence-electron chi connectivity index (χ4n) is 4.52. The molecule has 1 heterocycles. The van der Waals surface area contributed by atoms with Crippen molar-refractivity contribution in [1.82, 2.24) is 0 Å². The highest BCUT2D eigenvalue weighted by Gasteiger charge is 2.08. The average Bonchev–Trinajstić information content (AvgIpc) is 2.77. The number of hydrogen-bond acceptors (Lipinski definition) is 0. The van der Waals surface area contributed by atoms with Crippen molar-refractivity contribution in [2.75, 3.05) is 0 Å². The van der Waals surface area contributed by atoms with Gasteiger partial charge in [-0.3, -0.25) is 0 Å². The van der Waals surface area contributed by atoms with Crippen molar-refractivity contribution in [3.8, 4) is 0 Å². The Morgan fingerprint density at radius 3 is 1.43 bits per heavy atom. The highest BCUT2D eigenvalue weighted by atomic mass is 14.9. The molecule has 0 bridgehead atoms. The minimum Gasteiger partial charge on any atom is -0.202 e. The largest absolute Gasteiger partial charge is 0.202 e. The van der Waals surface area contributed by atoms with Crippen LogP contribution in [-0.4, -0.2) is 0 Å². The molecule has 0 saturated carbocycles. The second kappa shape index (κ2) is 21.4. The van der Waals surface area contributed by atoms with Crippen LogP contribution < -0.4 is 4.57 Å². The van der Waals surface area contributed by atoms with Gasteiger partial charge in [-0.05, 0) is 12.8 Å². The normalized spacial score (nSPS) is 11.3. The summed E-state index contributed by atoms with van der Waals surface area (Å²) in [5, 5.41) is 0. The first-order chi connectivity index (χ1) is 14.9. The first-order valence-electron chi connectivity index (χ1n) is 13.9. The Morgan fingerprint density at radius 1 is 0.500 bits per heavy atom. The molecule has 0 aliphatic carbocycles. The van der Waals surface area contributed by atoms with Crippen LogP contribution in [0.4, 0.5) is 0 Å². The first-order valence-corrected chi connectivity index (χ1v) is 13.9. The number of aryl methyl sites for hydroxylation is 2. The molecule has 0 spiro atoms. The molecule has 0 fully saturated rings. The van der Waals surface area contributed by atoms with Crippen molar-refractivity contribution in [3.63, 3.8) is 0 Å². The van der Waals surface area contributed by atoms with Crippen LogP contribution in [0.2, 0.25) is 0 Å². The van der Waals surface area contributed by atoms with E-state index in [2.05, 4.69) is 42.8 Å². The van der Waals surface area contributed by atoms with Crippen LogP contribution in [0.5, 0.6) is 0 Å². The standard InChI is InChI=1S/C29H54N/c1-3-5-7-9-11-12-13-14-15-16-17-18-19-21-25-29-26-22-24-28-30(29)27-23-20-10-8-6-4-2/h22,24,26,28H,3-21,23,25,27H2,1-2H3/q+1. The molecule has 0 aliphatic heterocycles. The molecule has 0 unspecified atom stereocenters. The molecule has 0 saturated heterocycles. The predicted molar refractivity (Wildman–Crippen MR) is 134 cm³/mol. The average molecular weight is 417 g/mol. The molecule has 1 aromatic rings. The first kappa shape index (κ1) is 27.2. The summed E-state index contributed by atoms with van der Waals surface area (Å²) in [5.41, 5.74) is 1.55. The SMILES string of the molecule is CCCCCCCCCCCCCCCCc1cccc[n+]1CCCCCCCC. The number of aromatic nitrogens is 1. The summed E-state index contributed by atoms with van der Waals surface area (Å²) in [6, 6.07) is 6.77. The molecule has 1 heteroatoms. The summed E-state index contributed by atoms with van der Waals surface area (Å²) < 4.78 is 2.52. The molecule has 0 N–H and O–H groups in total. The Labute approximate surface area is 190 Å². The maximum absolute atomic E-state index is 2.52. The molecule has 30 heavy (non-hydrogen) atoms. The van der Waals surface area contributed by atoms with E-state index >= 15 is 0 Å². The zero-order chi connectivity index (χ0) is 21.5. The van der Waals surface area contributed by atoms with Gasteiger partial charge in [0.1, 0.15) is 6.54 Å². The third-order valence-electron chi connectivity index (χ3n) is 6.57. The van der Waals surface area contributed by atoms with E-state index in [4.69, 9.17) is 0 Å². The van der Waals surface area contributed by atoms with Crippen LogP contribution >= 0.6 is 0 Å². The third-order valence-corrected chi connectivity index (χ3v) is 6.57. The number of hydrogen-bond donors (Lipinski definition) is 0. The molecule has 0 aliphatic rings. The highest BCUT2D eigenvalue weighted by molar-refractivity contribution is 4.97. The van der Waals surface area contributed by atoms with Gasteiger partial charge in [-0.25, -0.2) is 4.57 Å². The van der Waals surface area contributed by atoms with Gasteiger partial charge in [0.2, 0.25) is 0 Å². The van der Waals surface area contributed by atoms with Crippen molar-refractivity contribution in [1.29, 1.82) is 0 Å². The quantitative estimate of drug-likeness (QED) is 0.131. The highest BCUT2D eigenvalue weighted by Crippen LogP contribution is 2.13. The fraction of sp³-hybridized carbons (Fsp3) is 0.828. The molecule has 1 aromatic heterocycles. The van der Waals surface area contributed by atoms with E-state index in [0.717, 1.165) is 0 Å². The van der Waals surface area contributed by atoms with Crippen LogP contribution in [0.3, 0.4) is 0 Å². The zero-order valence-electron chi connectivity index (χ0n) is 20.8. The van der Waals surface area contributed by atoms with Gasteiger partial charge in [0.15, 0.2) is 11.9 Å². The lowest BCUT2D eigenvalue weighted by Crippen LogP contribution is -2.37. The van der Waals surface area contributed by atoms with Crippen LogP contribution in [-0.2, 0) is 13.0 Å². The maximum Gasteiger partial charge on any atom is 0.181 e. The third kappa shape index (κ3) is 15.9. The van der Waals surface area contributed by atoms with E-state index in [1.54, 1.807) is 5.69 Å². The van der Waals surface area contributed by atoms with E-state index in [1.165, 1.54) is 141 Å². The van der Waals surface area contributed by atoms with Gasteiger partial charge >= 0.3 is 0 Å². The summed E-state index contributed by atoms with van der Waals surface area (Å²) in [6.07, 6.45) is 32.0. The number of rotatable bonds is 22. The van der Waals surface area contributed by atoms with Crippen molar-refractivity contribution in [2.24, 2.45) is 0 Å². The van der Waals surface area contributed by atoms with Gasteiger partial charge in [0.25, 0.3) is 0 Å². The molecule has 174 valence electrons. The molecule has 0 radical (unpaired) electrons. The molecule has 0 atom stereocenters. The fourth-order valence-corrected chi connectivity index (χ4v) is 4.52. The van der Waals surface area contributed by atoms with E-state index in [1.807, 2.05) is 0 Å². The minimum atomic E-state index is 1.21. The lowest BCUT2D eigenvalue weighted by atomic mass is 10.0. The van der Waals surface area contributed by atoms with Gasteiger partial charge < -0.3 is 0 Å². The smallest absolute Gasteiger partial charge is 0.181 e. The zero-order valence-corrected chi connectivity index (χ0v) is 20.8. The molecular weight excluding hydrogens is 362 g/mol. The van der Waals surface area contributed by atoms with Crippen LogP contribution in [0, 0.1) is 0 Å². The Morgan fingerprint density at radius 2 is 0.933 bits per heavy atom. The number of pyridine rings is 1. The van der Waals surface area contributed by atoms with Gasteiger partial charge in [-0.2, -0.15) is 0 Å². The van der Waals surface area contributed by atoms with Crippen molar-refractivity contribution in [3.05, 3.63) is 30.1 Å².